The first-order valence-corrected chi connectivity index (χ1v) is 8.50. The Morgan fingerprint density at radius 1 is 1.33 bits per heavy atom. The first-order valence-electron chi connectivity index (χ1n) is 4.79. The Morgan fingerprint density at radius 3 is 2.27 bits per heavy atom. The summed E-state index contributed by atoms with van der Waals surface area (Å²) in [6, 6.07) is 0.874. The van der Waals surface area contributed by atoms with Crippen molar-refractivity contribution in [1.82, 2.24) is 0 Å². The molecule has 0 aliphatic rings. The molecule has 0 aromatic rings. The van der Waals surface area contributed by atoms with E-state index in [1.54, 1.807) is 0 Å². The third-order valence-corrected chi connectivity index (χ3v) is 3.44. The molecule has 0 heterocycles. The Bertz CT molecular complexity index is 265. The van der Waals surface area contributed by atoms with Crippen LogP contribution in [-0.2, 0) is 14.3 Å². The fourth-order valence-corrected chi connectivity index (χ4v) is 1.52. The maximum Gasteiger partial charge on any atom is 0.333 e. The lowest BCUT2D eigenvalue weighted by Crippen LogP contribution is -2.23. The van der Waals surface area contributed by atoms with E-state index in [1.807, 2.05) is 0 Å². The zero-order valence-electron chi connectivity index (χ0n) is 9.50. The highest BCUT2D eigenvalue weighted by Crippen LogP contribution is 2.09. The van der Waals surface area contributed by atoms with E-state index in [-0.39, 0.29) is 12.0 Å². The van der Waals surface area contributed by atoms with E-state index in [4.69, 9.17) is 9.84 Å². The Hall–Kier alpha value is -1.10. The van der Waals surface area contributed by atoms with Gasteiger partial charge < -0.3 is 9.84 Å². The van der Waals surface area contributed by atoms with Crippen molar-refractivity contribution >= 4 is 20.0 Å². The van der Waals surface area contributed by atoms with Crippen LogP contribution in [0.3, 0.4) is 0 Å². The molecule has 0 atom stereocenters. The van der Waals surface area contributed by atoms with Crippen molar-refractivity contribution in [2.75, 3.05) is 6.61 Å². The lowest BCUT2D eigenvalue weighted by Gasteiger charge is -2.15. The monoisotopic (exact) mass is 230 g/mol. The molecule has 0 aliphatic carbocycles. The van der Waals surface area contributed by atoms with Crippen LogP contribution in [0.5, 0.6) is 0 Å². The molecule has 4 nitrogen and oxygen atoms in total. The molecule has 0 saturated carbocycles. The molecular weight excluding hydrogens is 212 g/mol. The van der Waals surface area contributed by atoms with Crippen LogP contribution in [0.2, 0.25) is 25.7 Å². The third-order valence-electron chi connectivity index (χ3n) is 1.74. The summed E-state index contributed by atoms with van der Waals surface area (Å²) in [5, 5.41) is 8.43. The number of hydrogen-bond acceptors (Lipinski definition) is 3. The second-order valence-electron chi connectivity index (χ2n) is 4.62. The number of carbonyl (C=O) groups is 2. The van der Waals surface area contributed by atoms with Gasteiger partial charge in [0.1, 0.15) is 0 Å². The van der Waals surface area contributed by atoms with Crippen molar-refractivity contribution in [3.8, 4) is 0 Å². The number of carboxylic acid groups (broad SMARTS) is 1. The van der Waals surface area contributed by atoms with Crippen molar-refractivity contribution in [3.05, 3.63) is 12.2 Å². The lowest BCUT2D eigenvalue weighted by atomic mass is 10.2. The van der Waals surface area contributed by atoms with Gasteiger partial charge in [-0.05, 0) is 6.04 Å². The fraction of sp³-hybridized carbons (Fsp3) is 0.600. The fourth-order valence-electron chi connectivity index (χ4n) is 0.807. The lowest BCUT2D eigenvalue weighted by molar-refractivity contribution is -0.142. The van der Waals surface area contributed by atoms with Gasteiger partial charge in [0.15, 0.2) is 0 Å². The maximum atomic E-state index is 11.2. The van der Waals surface area contributed by atoms with Crippen LogP contribution in [0.4, 0.5) is 0 Å². The molecule has 0 rings (SSSR count). The van der Waals surface area contributed by atoms with Crippen molar-refractivity contribution in [2.24, 2.45) is 0 Å². The number of carbonyl (C=O) groups excluding carboxylic acids is 1. The predicted octanol–water partition coefficient (Wildman–Crippen LogP) is 1.90. The summed E-state index contributed by atoms with van der Waals surface area (Å²) >= 11 is 0. The molecule has 0 unspecified atom stereocenters. The van der Waals surface area contributed by atoms with E-state index in [1.165, 1.54) is 0 Å². The largest absolute Gasteiger partial charge is 0.481 e. The van der Waals surface area contributed by atoms with Crippen LogP contribution >= 0.6 is 0 Å². The standard InChI is InChI=1S/C10H18O4Si/c1-8(7-9(11)12)10(13)14-5-6-15(2,3)4/h1,5-7H2,2-4H3,(H,11,12). The molecule has 0 aromatic heterocycles. The van der Waals surface area contributed by atoms with E-state index in [0.717, 1.165) is 6.04 Å². The average Bonchev–Trinajstić information content (AvgIpc) is 2.00. The van der Waals surface area contributed by atoms with Gasteiger partial charge in [0, 0.05) is 13.6 Å². The van der Waals surface area contributed by atoms with Gasteiger partial charge in [0.05, 0.1) is 13.0 Å². The highest BCUT2D eigenvalue weighted by Gasteiger charge is 2.16. The van der Waals surface area contributed by atoms with Gasteiger partial charge in [0.2, 0.25) is 0 Å². The minimum atomic E-state index is -1.21. The average molecular weight is 230 g/mol. The van der Waals surface area contributed by atoms with E-state index in [9.17, 15) is 9.59 Å². The molecule has 0 aliphatic heterocycles. The quantitative estimate of drug-likeness (QED) is 0.430. The Kier molecular flexibility index (Phi) is 5.28. The molecule has 0 saturated heterocycles. The molecular formula is C10H18O4Si. The van der Waals surface area contributed by atoms with Gasteiger partial charge in [0.25, 0.3) is 0 Å². The smallest absolute Gasteiger partial charge is 0.333 e. The molecule has 0 spiro atoms. The number of hydrogen-bond donors (Lipinski definition) is 1. The third kappa shape index (κ3) is 7.93. The minimum Gasteiger partial charge on any atom is -0.481 e. The van der Waals surface area contributed by atoms with Gasteiger partial charge in [-0.15, -0.1) is 0 Å². The molecule has 0 amide bonds. The van der Waals surface area contributed by atoms with E-state index in [0.29, 0.717) is 6.61 Å². The molecule has 0 fully saturated rings. The Labute approximate surface area is 90.9 Å². The highest BCUT2D eigenvalue weighted by molar-refractivity contribution is 6.76. The topological polar surface area (TPSA) is 63.6 Å². The molecule has 0 bridgehead atoms. The SMILES string of the molecule is C=C(CC(=O)O)C(=O)OCC[Si](C)(C)C. The van der Waals surface area contributed by atoms with Crippen molar-refractivity contribution in [3.63, 3.8) is 0 Å². The van der Waals surface area contributed by atoms with Crippen LogP contribution in [0, 0.1) is 0 Å². The molecule has 0 radical (unpaired) electrons. The zero-order chi connectivity index (χ0) is 12.1. The highest BCUT2D eigenvalue weighted by atomic mass is 28.3. The maximum absolute atomic E-state index is 11.2. The zero-order valence-corrected chi connectivity index (χ0v) is 10.5. The number of aliphatic carboxylic acids is 1. The van der Waals surface area contributed by atoms with Crippen molar-refractivity contribution < 1.29 is 19.4 Å². The first-order chi connectivity index (χ1) is 6.72. The Morgan fingerprint density at radius 2 is 1.87 bits per heavy atom. The van der Waals surface area contributed by atoms with Gasteiger partial charge in [-0.2, -0.15) is 0 Å². The van der Waals surface area contributed by atoms with Gasteiger partial charge in [-0.1, -0.05) is 26.2 Å². The van der Waals surface area contributed by atoms with Crippen LogP contribution in [0.25, 0.3) is 0 Å². The van der Waals surface area contributed by atoms with Crippen LogP contribution in [0.1, 0.15) is 6.42 Å². The number of rotatable bonds is 6. The van der Waals surface area contributed by atoms with Crippen molar-refractivity contribution in [1.29, 1.82) is 0 Å². The molecule has 86 valence electrons. The second kappa shape index (κ2) is 5.70. The summed E-state index contributed by atoms with van der Waals surface area (Å²) < 4.78 is 4.91. The van der Waals surface area contributed by atoms with Crippen LogP contribution in [0.15, 0.2) is 12.2 Å². The summed E-state index contributed by atoms with van der Waals surface area (Å²) in [5.41, 5.74) is -0.00178. The Balaban J connectivity index is 3.85. The number of esters is 1. The van der Waals surface area contributed by atoms with Crippen LogP contribution < -0.4 is 0 Å². The van der Waals surface area contributed by atoms with Crippen LogP contribution in [-0.4, -0.2) is 31.7 Å². The minimum absolute atomic E-state index is 0.00178. The predicted molar refractivity (Wildman–Crippen MR) is 60.5 cm³/mol. The van der Waals surface area contributed by atoms with Crippen molar-refractivity contribution in [2.45, 2.75) is 32.1 Å². The normalized spacial score (nSPS) is 10.9. The molecule has 15 heavy (non-hydrogen) atoms. The van der Waals surface area contributed by atoms with Gasteiger partial charge in [-0.25, -0.2) is 4.79 Å². The number of ether oxygens (including phenoxy) is 1. The summed E-state index contributed by atoms with van der Waals surface area (Å²) in [6.45, 7) is 10.2. The molecule has 0 aromatic carbocycles. The van der Waals surface area contributed by atoms with E-state index >= 15 is 0 Å². The molecule has 1 N–H and O–H groups in total. The number of carboxylic acids is 1. The first kappa shape index (κ1) is 13.9. The summed E-state index contributed by atoms with van der Waals surface area (Å²) in [5.74, 6) is -1.67. The summed E-state index contributed by atoms with van der Waals surface area (Å²) in [4.78, 5) is 21.5. The van der Waals surface area contributed by atoms with E-state index < -0.39 is 20.0 Å². The summed E-state index contributed by atoms with van der Waals surface area (Å²) in [6.07, 6.45) is -0.355. The second-order valence-corrected chi connectivity index (χ2v) is 10.2. The van der Waals surface area contributed by atoms with Gasteiger partial charge in [-0.3, -0.25) is 4.79 Å². The molecule has 5 heteroatoms. The summed E-state index contributed by atoms with van der Waals surface area (Å²) in [7, 11) is -1.21. The van der Waals surface area contributed by atoms with E-state index in [2.05, 4.69) is 26.2 Å². The van der Waals surface area contributed by atoms with Gasteiger partial charge >= 0.3 is 11.9 Å².